The normalized spacial score (nSPS) is 15.8. The van der Waals surface area contributed by atoms with Gasteiger partial charge in [0, 0.05) is 103 Å². The van der Waals surface area contributed by atoms with Gasteiger partial charge < -0.3 is 0 Å². The summed E-state index contributed by atoms with van der Waals surface area (Å²) in [4.78, 5) is 0. The van der Waals surface area contributed by atoms with Crippen LogP contribution in [-0.4, -0.2) is 163 Å². The van der Waals surface area contributed by atoms with Gasteiger partial charge in [-0.2, -0.15) is 83.1 Å². The fraction of sp³-hybridized carbons (Fsp3) is 1.00. The van der Waals surface area contributed by atoms with Gasteiger partial charge in [-0.25, -0.2) is 0 Å². The second kappa shape index (κ2) is 9.80. The summed E-state index contributed by atoms with van der Waals surface area (Å²) in [5.41, 5.74) is 0. The first kappa shape index (κ1) is 37.5. The Hall–Kier alpha value is 1.99. The Bertz CT molecular complexity index is 743. The predicted octanol–water partition coefficient (Wildman–Crippen LogP) is 4.08. The first-order valence-electron chi connectivity index (χ1n) is 5.68. The molecule has 0 aliphatic rings. The van der Waals surface area contributed by atoms with Crippen LogP contribution in [0.25, 0.3) is 0 Å². The molecule has 1 N–H and O–H groups in total. The second-order valence-corrected chi connectivity index (χ2v) is 6.40. The summed E-state index contributed by atoms with van der Waals surface area (Å²) in [5.74, 6) is -52.0. The molecule has 0 saturated heterocycles. The maximum Gasteiger partial charge on any atom is 0.460 e. The Labute approximate surface area is 244 Å². The van der Waals surface area contributed by atoms with Gasteiger partial charge in [0.05, 0.1) is 0 Å². The van der Waals surface area contributed by atoms with Crippen molar-refractivity contribution >= 4 is 113 Å². The molecule has 0 aliphatic carbocycles. The van der Waals surface area contributed by atoms with Crippen molar-refractivity contribution in [1.29, 1.82) is 0 Å². The van der Waals surface area contributed by atoms with Gasteiger partial charge in [0.2, 0.25) is 0 Å². The van der Waals surface area contributed by atoms with E-state index in [1.165, 1.54) is 0 Å². The van der Waals surface area contributed by atoms with Gasteiger partial charge in [0.25, 0.3) is 0 Å². The molecular formula is C8HF17K2O3S. The Balaban J connectivity index is -0.00000392. The van der Waals surface area contributed by atoms with E-state index >= 15 is 0 Å². The smallest absolute Gasteiger partial charge is 0.281 e. The minimum Gasteiger partial charge on any atom is -0.281 e. The third-order valence-corrected chi connectivity index (χ3v) is 3.92. The van der Waals surface area contributed by atoms with Crippen molar-refractivity contribution < 1.29 is 87.6 Å². The van der Waals surface area contributed by atoms with Crippen molar-refractivity contribution in [2.24, 2.45) is 0 Å². The fourth-order valence-corrected chi connectivity index (χ4v) is 1.76. The summed E-state index contributed by atoms with van der Waals surface area (Å²) < 4.78 is 242. The van der Waals surface area contributed by atoms with E-state index in [1.54, 1.807) is 0 Å². The van der Waals surface area contributed by atoms with E-state index in [9.17, 15) is 83.1 Å². The quantitative estimate of drug-likeness (QED) is 0.282. The van der Waals surface area contributed by atoms with Crippen molar-refractivity contribution in [3.63, 3.8) is 0 Å². The van der Waals surface area contributed by atoms with Crippen LogP contribution >= 0.6 is 0 Å². The second-order valence-electron chi connectivity index (χ2n) is 4.94. The predicted molar refractivity (Wildman–Crippen MR) is 63.7 cm³/mol. The topological polar surface area (TPSA) is 54.4 Å². The van der Waals surface area contributed by atoms with Gasteiger partial charge in [-0.3, -0.25) is 4.55 Å². The molecule has 0 spiro atoms. The van der Waals surface area contributed by atoms with Crippen molar-refractivity contribution in [2.45, 2.75) is 47.0 Å². The molecule has 0 aromatic heterocycles. The summed E-state index contributed by atoms with van der Waals surface area (Å²) in [5, 5.41) is -7.84. The zero-order valence-electron chi connectivity index (χ0n) is 14.1. The number of rotatable bonds is 7. The molecule has 0 aromatic rings. The summed E-state index contributed by atoms with van der Waals surface area (Å²) in [6.07, 6.45) is -7.88. The van der Waals surface area contributed by atoms with E-state index in [0.29, 0.717) is 0 Å². The molecule has 0 saturated carbocycles. The zero-order valence-corrected chi connectivity index (χ0v) is 21.2. The van der Waals surface area contributed by atoms with Gasteiger partial charge in [-0.15, -0.1) is 0 Å². The molecule has 0 aliphatic heterocycles. The molecule has 3 nitrogen and oxygen atoms in total. The number of alkyl halides is 17. The van der Waals surface area contributed by atoms with Crippen LogP contribution in [-0.2, 0) is 10.1 Å². The molecular weight excluding hydrogens is 577 g/mol. The Morgan fingerprint density at radius 3 is 0.806 bits per heavy atom. The fourth-order valence-electron chi connectivity index (χ4n) is 1.31. The van der Waals surface area contributed by atoms with Gasteiger partial charge in [0.15, 0.2) is 0 Å². The van der Waals surface area contributed by atoms with Crippen molar-refractivity contribution in [3.05, 3.63) is 0 Å². The summed E-state index contributed by atoms with van der Waals surface area (Å²) >= 11 is 0. The molecule has 0 aromatic carbocycles. The number of hydrogen-bond acceptors (Lipinski definition) is 2. The number of halogens is 17. The standard InChI is InChI=1S/C8HF17O3S.2K/c9-1(10,3(13,14)5(17,18)7(21,22)23)2(11,12)4(15,16)6(19,20)8(24,25)29(26,27)28;;/h(H,26,27,28);;. The zero-order chi connectivity index (χ0) is 24.5. The minimum absolute atomic E-state index is 0. The Morgan fingerprint density at radius 2 is 0.613 bits per heavy atom. The van der Waals surface area contributed by atoms with E-state index in [-0.39, 0.29) is 103 Å². The van der Waals surface area contributed by atoms with E-state index in [1.807, 2.05) is 0 Å². The monoisotopic (exact) mass is 578 g/mol. The Kier molecular flexibility index (Phi) is 11.9. The van der Waals surface area contributed by atoms with E-state index < -0.39 is 57.1 Å². The SMILES string of the molecule is O=S(=O)(O)C(F)(F)C(F)(F)C(F)(F)C(F)(F)C(F)(F)C(F)(F)C(F)(F)C(F)(F)F.[K].[K]. The molecule has 178 valence electrons. The number of hydrogen-bond donors (Lipinski definition) is 1. The molecule has 2 radical (unpaired) electrons. The van der Waals surface area contributed by atoms with Crippen molar-refractivity contribution in [2.75, 3.05) is 0 Å². The van der Waals surface area contributed by atoms with Crippen molar-refractivity contribution in [1.82, 2.24) is 0 Å². The van der Waals surface area contributed by atoms with Crippen molar-refractivity contribution in [3.8, 4) is 0 Å². The van der Waals surface area contributed by atoms with Gasteiger partial charge in [-0.1, -0.05) is 0 Å². The van der Waals surface area contributed by atoms with E-state index in [4.69, 9.17) is 4.55 Å². The largest absolute Gasteiger partial charge is 0.460 e. The summed E-state index contributed by atoms with van der Waals surface area (Å²) in [7, 11) is -7.89. The molecule has 0 bridgehead atoms. The maximum absolute atomic E-state index is 13.0. The van der Waals surface area contributed by atoms with Crippen LogP contribution < -0.4 is 0 Å². The van der Waals surface area contributed by atoms with Crippen LogP contribution in [0.3, 0.4) is 0 Å². The first-order chi connectivity index (χ1) is 12.0. The molecule has 0 amide bonds. The first-order valence-corrected chi connectivity index (χ1v) is 7.12. The van der Waals surface area contributed by atoms with Crippen LogP contribution in [0.1, 0.15) is 0 Å². The maximum atomic E-state index is 13.0. The van der Waals surface area contributed by atoms with Gasteiger partial charge >= 0.3 is 57.1 Å². The molecule has 0 unspecified atom stereocenters. The van der Waals surface area contributed by atoms with E-state index in [2.05, 4.69) is 0 Å². The summed E-state index contributed by atoms with van der Waals surface area (Å²) in [6, 6.07) is 0. The van der Waals surface area contributed by atoms with Crippen LogP contribution in [0.5, 0.6) is 0 Å². The van der Waals surface area contributed by atoms with Crippen LogP contribution in [0.4, 0.5) is 74.6 Å². The minimum atomic E-state index is -8.89. The molecule has 0 rings (SSSR count). The molecule has 0 atom stereocenters. The summed E-state index contributed by atoms with van der Waals surface area (Å²) in [6.45, 7) is 0. The van der Waals surface area contributed by atoms with Gasteiger partial charge in [-0.05, 0) is 0 Å². The van der Waals surface area contributed by atoms with Crippen LogP contribution in [0.2, 0.25) is 0 Å². The molecule has 0 heterocycles. The van der Waals surface area contributed by atoms with E-state index in [0.717, 1.165) is 0 Å². The Morgan fingerprint density at radius 1 is 0.419 bits per heavy atom. The average molecular weight is 578 g/mol. The molecule has 0 fully saturated rings. The third-order valence-electron chi connectivity index (χ3n) is 3.02. The van der Waals surface area contributed by atoms with Crippen LogP contribution in [0, 0.1) is 0 Å². The molecule has 23 heteroatoms. The van der Waals surface area contributed by atoms with Gasteiger partial charge in [0.1, 0.15) is 0 Å². The third kappa shape index (κ3) is 5.26. The van der Waals surface area contributed by atoms with Crippen LogP contribution in [0.15, 0.2) is 0 Å². The molecule has 31 heavy (non-hydrogen) atoms. The average Bonchev–Trinajstić information content (AvgIpc) is 2.43.